The number of para-hydroxylation sites is 2. The van der Waals surface area contributed by atoms with Crippen molar-refractivity contribution in [3.63, 3.8) is 0 Å². The molecule has 9 aromatic carbocycles. The van der Waals surface area contributed by atoms with Gasteiger partial charge in [-0.2, -0.15) is 0 Å². The second kappa shape index (κ2) is 12.5. The van der Waals surface area contributed by atoms with E-state index in [0.717, 1.165) is 50.0 Å². The van der Waals surface area contributed by atoms with Crippen molar-refractivity contribution in [3.05, 3.63) is 200 Å². The maximum absolute atomic E-state index is 6.41. The topological polar surface area (TPSA) is 16.4 Å². The van der Waals surface area contributed by atoms with E-state index in [1.807, 2.05) is 6.07 Å². The van der Waals surface area contributed by atoms with E-state index in [2.05, 4.69) is 199 Å². The monoisotopic (exact) mass is 663 g/mol. The Hall–Kier alpha value is -6.90. The van der Waals surface area contributed by atoms with Gasteiger partial charge in [-0.25, -0.2) is 0 Å². The van der Waals surface area contributed by atoms with Crippen LogP contribution in [0.2, 0.25) is 0 Å². The molecule has 1 aromatic heterocycles. The van der Waals surface area contributed by atoms with E-state index in [1.165, 1.54) is 44.0 Å². The van der Waals surface area contributed by atoms with Crippen LogP contribution < -0.4 is 4.90 Å². The first-order chi connectivity index (χ1) is 25.8. The van der Waals surface area contributed by atoms with Crippen molar-refractivity contribution in [2.45, 2.75) is 0 Å². The van der Waals surface area contributed by atoms with Crippen molar-refractivity contribution < 1.29 is 4.42 Å². The van der Waals surface area contributed by atoms with Gasteiger partial charge in [0.2, 0.25) is 0 Å². The van der Waals surface area contributed by atoms with E-state index in [4.69, 9.17) is 4.42 Å². The fourth-order valence-electron chi connectivity index (χ4n) is 7.71. The highest BCUT2D eigenvalue weighted by atomic mass is 16.3. The summed E-state index contributed by atoms with van der Waals surface area (Å²) in [7, 11) is 0. The Bertz CT molecular complexity index is 2890. The lowest BCUT2D eigenvalue weighted by Gasteiger charge is -2.28. The van der Waals surface area contributed by atoms with Gasteiger partial charge in [-0.1, -0.05) is 152 Å². The molecule has 0 N–H and O–H groups in total. The largest absolute Gasteiger partial charge is 0.455 e. The lowest BCUT2D eigenvalue weighted by atomic mass is 9.95. The maximum atomic E-state index is 6.41. The van der Waals surface area contributed by atoms with E-state index < -0.39 is 0 Å². The molecule has 0 atom stereocenters. The van der Waals surface area contributed by atoms with Crippen molar-refractivity contribution in [2.24, 2.45) is 0 Å². The molecule has 10 rings (SSSR count). The van der Waals surface area contributed by atoms with Crippen LogP contribution in [0.15, 0.2) is 205 Å². The summed E-state index contributed by atoms with van der Waals surface area (Å²) < 4.78 is 6.41. The second-order valence-electron chi connectivity index (χ2n) is 13.3. The zero-order valence-corrected chi connectivity index (χ0v) is 28.4. The molecule has 52 heavy (non-hydrogen) atoms. The summed E-state index contributed by atoms with van der Waals surface area (Å²) >= 11 is 0. The van der Waals surface area contributed by atoms with Gasteiger partial charge in [0.15, 0.2) is 0 Å². The SMILES string of the molecule is c1ccc(-c2ccc(N(c3ccc(-c4cc5c6ccccc6oc5c5ccccc45)cc3)c3ccccc3-c3ccc4ccccc4c3)cc2)cc1. The molecule has 1 heterocycles. The molecule has 0 amide bonds. The van der Waals surface area contributed by atoms with Gasteiger partial charge in [-0.3, -0.25) is 0 Å². The molecule has 0 unspecified atom stereocenters. The van der Waals surface area contributed by atoms with E-state index in [-0.39, 0.29) is 0 Å². The van der Waals surface area contributed by atoms with Crippen molar-refractivity contribution in [3.8, 4) is 33.4 Å². The summed E-state index contributed by atoms with van der Waals surface area (Å²) in [5.41, 5.74) is 12.3. The molecule has 244 valence electrons. The minimum atomic E-state index is 0.911. The number of benzene rings is 9. The molecule has 10 aromatic rings. The Morgan fingerprint density at radius 3 is 1.69 bits per heavy atom. The smallest absolute Gasteiger partial charge is 0.143 e. The van der Waals surface area contributed by atoms with Gasteiger partial charge in [-0.05, 0) is 92.5 Å². The molecule has 0 spiro atoms. The highest BCUT2D eigenvalue weighted by molar-refractivity contribution is 6.19. The van der Waals surface area contributed by atoms with Gasteiger partial charge >= 0.3 is 0 Å². The minimum absolute atomic E-state index is 0.911. The van der Waals surface area contributed by atoms with Gasteiger partial charge in [0.05, 0.1) is 5.69 Å². The van der Waals surface area contributed by atoms with Crippen LogP contribution in [0.25, 0.3) is 76.9 Å². The Morgan fingerprint density at radius 1 is 0.327 bits per heavy atom. The molecule has 0 aliphatic heterocycles. The standard InChI is InChI=1S/C50H33NO/c1-2-12-34(13-3-1)36-24-28-40(29-25-36)51(48-20-10-8-16-42(48)39-23-22-35-14-4-5-15-38(35)32-39)41-30-26-37(27-31-41)46-33-47-44-18-9-11-21-49(44)52-50(47)45-19-7-6-17-43(45)46/h1-33H. The Kier molecular flexibility index (Phi) is 7.18. The summed E-state index contributed by atoms with van der Waals surface area (Å²) in [4.78, 5) is 2.38. The normalized spacial score (nSPS) is 11.5. The molecule has 0 saturated heterocycles. The number of rotatable bonds is 6. The zero-order valence-electron chi connectivity index (χ0n) is 28.4. The number of anilines is 3. The summed E-state index contributed by atoms with van der Waals surface area (Å²) in [6.45, 7) is 0. The second-order valence-corrected chi connectivity index (χ2v) is 13.3. The van der Waals surface area contributed by atoms with Crippen molar-refractivity contribution in [1.82, 2.24) is 0 Å². The molecule has 0 aliphatic carbocycles. The quantitative estimate of drug-likeness (QED) is 0.176. The lowest BCUT2D eigenvalue weighted by molar-refractivity contribution is 0.672. The van der Waals surface area contributed by atoms with Crippen LogP contribution in [0.5, 0.6) is 0 Å². The van der Waals surface area contributed by atoms with Gasteiger partial charge < -0.3 is 9.32 Å². The van der Waals surface area contributed by atoms with E-state index in [9.17, 15) is 0 Å². The van der Waals surface area contributed by atoms with Crippen LogP contribution in [0, 0.1) is 0 Å². The number of nitrogens with zero attached hydrogens (tertiary/aromatic N) is 1. The van der Waals surface area contributed by atoms with E-state index in [0.29, 0.717) is 0 Å². The van der Waals surface area contributed by atoms with Crippen LogP contribution in [0.4, 0.5) is 17.1 Å². The molecular weight excluding hydrogens is 631 g/mol. The summed E-state index contributed by atoms with van der Waals surface area (Å²) in [6, 6.07) is 71.7. The average molecular weight is 664 g/mol. The predicted molar refractivity (Wildman–Crippen MR) is 220 cm³/mol. The zero-order chi connectivity index (χ0) is 34.4. The Labute approximate surface area is 302 Å². The van der Waals surface area contributed by atoms with Gasteiger partial charge in [0, 0.05) is 33.1 Å². The molecule has 2 nitrogen and oxygen atoms in total. The van der Waals surface area contributed by atoms with E-state index in [1.54, 1.807) is 0 Å². The molecule has 0 fully saturated rings. The molecule has 0 aliphatic rings. The number of hydrogen-bond donors (Lipinski definition) is 0. The predicted octanol–water partition coefficient (Wildman–Crippen LogP) is 14.4. The molecule has 0 radical (unpaired) electrons. The number of hydrogen-bond acceptors (Lipinski definition) is 2. The van der Waals surface area contributed by atoms with Gasteiger partial charge in [-0.15, -0.1) is 0 Å². The van der Waals surface area contributed by atoms with Crippen LogP contribution >= 0.6 is 0 Å². The third-order valence-electron chi connectivity index (χ3n) is 10.3. The first kappa shape index (κ1) is 30.0. The Balaban J connectivity index is 1.13. The molecule has 0 bridgehead atoms. The first-order valence-electron chi connectivity index (χ1n) is 17.8. The Morgan fingerprint density at radius 2 is 0.904 bits per heavy atom. The first-order valence-corrected chi connectivity index (χ1v) is 17.8. The fraction of sp³-hybridized carbons (Fsp3) is 0. The third-order valence-corrected chi connectivity index (χ3v) is 10.3. The van der Waals surface area contributed by atoms with Crippen molar-refractivity contribution >= 4 is 60.5 Å². The third kappa shape index (κ3) is 5.12. The summed E-state index contributed by atoms with van der Waals surface area (Å²) in [6.07, 6.45) is 0. The number of furan rings is 1. The van der Waals surface area contributed by atoms with E-state index >= 15 is 0 Å². The summed E-state index contributed by atoms with van der Waals surface area (Å²) in [5, 5.41) is 7.04. The average Bonchev–Trinajstić information content (AvgIpc) is 3.60. The van der Waals surface area contributed by atoms with Crippen LogP contribution in [0.3, 0.4) is 0 Å². The molecular formula is C50H33NO. The van der Waals surface area contributed by atoms with Crippen LogP contribution in [-0.2, 0) is 0 Å². The minimum Gasteiger partial charge on any atom is -0.455 e. The maximum Gasteiger partial charge on any atom is 0.143 e. The molecule has 0 saturated carbocycles. The van der Waals surface area contributed by atoms with Gasteiger partial charge in [0.1, 0.15) is 11.2 Å². The lowest BCUT2D eigenvalue weighted by Crippen LogP contribution is -2.11. The van der Waals surface area contributed by atoms with Gasteiger partial charge in [0.25, 0.3) is 0 Å². The highest BCUT2D eigenvalue weighted by Gasteiger charge is 2.19. The fourth-order valence-corrected chi connectivity index (χ4v) is 7.71. The highest BCUT2D eigenvalue weighted by Crippen LogP contribution is 2.44. The number of fused-ring (bicyclic) bond motifs is 6. The van der Waals surface area contributed by atoms with Crippen LogP contribution in [-0.4, -0.2) is 0 Å². The summed E-state index contributed by atoms with van der Waals surface area (Å²) in [5.74, 6) is 0. The molecule has 2 heteroatoms. The van der Waals surface area contributed by atoms with Crippen molar-refractivity contribution in [1.29, 1.82) is 0 Å². The van der Waals surface area contributed by atoms with Crippen LogP contribution in [0.1, 0.15) is 0 Å². The van der Waals surface area contributed by atoms with Crippen molar-refractivity contribution in [2.75, 3.05) is 4.90 Å².